The van der Waals surface area contributed by atoms with Crippen LogP contribution in [-0.2, 0) is 6.42 Å². The molecule has 1 heteroatoms. The Labute approximate surface area is 131 Å². The Kier molecular flexibility index (Phi) is 7.12. The van der Waals surface area contributed by atoms with E-state index in [2.05, 4.69) is 43.4 Å². The van der Waals surface area contributed by atoms with E-state index in [0.717, 1.165) is 5.92 Å². The highest BCUT2D eigenvalue weighted by molar-refractivity contribution is 5.45. The van der Waals surface area contributed by atoms with E-state index in [0.29, 0.717) is 6.04 Å². The fourth-order valence-corrected chi connectivity index (χ4v) is 3.59. The maximum Gasteiger partial charge on any atom is 0.0342 e. The highest BCUT2D eigenvalue weighted by Gasteiger charge is 2.20. The second-order valence-corrected chi connectivity index (χ2v) is 6.80. The summed E-state index contributed by atoms with van der Waals surface area (Å²) in [5.74, 6) is 0.994. The predicted octanol–water partition coefficient (Wildman–Crippen LogP) is 6.19. The summed E-state index contributed by atoms with van der Waals surface area (Å²) in [5.41, 5.74) is 2.80. The van der Waals surface area contributed by atoms with Gasteiger partial charge >= 0.3 is 0 Å². The van der Waals surface area contributed by atoms with E-state index in [9.17, 15) is 0 Å². The van der Waals surface area contributed by atoms with Gasteiger partial charge in [0.15, 0.2) is 0 Å². The maximum absolute atomic E-state index is 3.74. The van der Waals surface area contributed by atoms with Crippen LogP contribution in [0.2, 0.25) is 0 Å². The van der Waals surface area contributed by atoms with E-state index in [-0.39, 0.29) is 0 Å². The van der Waals surface area contributed by atoms with Gasteiger partial charge in [-0.05, 0) is 62.1 Å². The van der Waals surface area contributed by atoms with E-state index in [1.807, 2.05) is 0 Å². The molecule has 1 aromatic rings. The number of nitrogens with one attached hydrogen (secondary N) is 1. The topological polar surface area (TPSA) is 12.0 Å². The summed E-state index contributed by atoms with van der Waals surface area (Å²) in [6.07, 6.45) is 13.5. The molecule has 0 saturated heterocycles. The Hall–Kier alpha value is -0.980. The van der Waals surface area contributed by atoms with Crippen LogP contribution in [0.15, 0.2) is 24.3 Å². The van der Waals surface area contributed by atoms with Gasteiger partial charge in [0.2, 0.25) is 0 Å². The molecule has 0 amide bonds. The third kappa shape index (κ3) is 5.73. The van der Waals surface area contributed by atoms with Crippen molar-refractivity contribution in [3.63, 3.8) is 0 Å². The molecule has 1 fully saturated rings. The number of aryl methyl sites for hydroxylation is 1. The Morgan fingerprint density at radius 2 is 1.62 bits per heavy atom. The van der Waals surface area contributed by atoms with Crippen LogP contribution >= 0.6 is 0 Å². The molecule has 2 rings (SSSR count). The van der Waals surface area contributed by atoms with Gasteiger partial charge in [-0.15, -0.1) is 0 Å². The predicted molar refractivity (Wildman–Crippen MR) is 93.9 cm³/mol. The van der Waals surface area contributed by atoms with Crippen LogP contribution < -0.4 is 5.32 Å². The summed E-state index contributed by atoms with van der Waals surface area (Å²) in [6.45, 7) is 4.58. The second-order valence-electron chi connectivity index (χ2n) is 6.80. The quantitative estimate of drug-likeness (QED) is 0.562. The third-order valence-electron chi connectivity index (χ3n) is 4.94. The van der Waals surface area contributed by atoms with Crippen molar-refractivity contribution in [1.29, 1.82) is 0 Å². The zero-order chi connectivity index (χ0) is 14.9. The summed E-state index contributed by atoms with van der Waals surface area (Å²) in [6, 6.07) is 9.87. The molecule has 1 N–H and O–H groups in total. The Morgan fingerprint density at radius 1 is 0.905 bits per heavy atom. The van der Waals surface area contributed by atoms with Gasteiger partial charge in [-0.25, -0.2) is 0 Å². The molecule has 0 unspecified atom stereocenters. The van der Waals surface area contributed by atoms with Gasteiger partial charge < -0.3 is 5.32 Å². The number of rotatable bonds is 8. The van der Waals surface area contributed by atoms with Crippen molar-refractivity contribution in [3.05, 3.63) is 29.8 Å². The van der Waals surface area contributed by atoms with Crippen LogP contribution in [0.5, 0.6) is 0 Å². The number of hydrogen-bond acceptors (Lipinski definition) is 1. The summed E-state index contributed by atoms with van der Waals surface area (Å²) < 4.78 is 0. The average molecular weight is 287 g/mol. The van der Waals surface area contributed by atoms with E-state index >= 15 is 0 Å². The van der Waals surface area contributed by atoms with E-state index in [1.165, 1.54) is 75.5 Å². The summed E-state index contributed by atoms with van der Waals surface area (Å²) >= 11 is 0. The second kappa shape index (κ2) is 9.12. The van der Waals surface area contributed by atoms with Crippen molar-refractivity contribution < 1.29 is 0 Å². The van der Waals surface area contributed by atoms with E-state index in [4.69, 9.17) is 0 Å². The lowest BCUT2D eigenvalue weighted by molar-refractivity contribution is 0.319. The van der Waals surface area contributed by atoms with E-state index in [1.54, 1.807) is 0 Å². The summed E-state index contributed by atoms with van der Waals surface area (Å²) in [5, 5.41) is 3.74. The summed E-state index contributed by atoms with van der Waals surface area (Å²) in [4.78, 5) is 0. The molecule has 0 heterocycles. The monoisotopic (exact) mass is 287 g/mol. The van der Waals surface area contributed by atoms with Gasteiger partial charge in [-0.2, -0.15) is 0 Å². The zero-order valence-electron chi connectivity index (χ0n) is 14.0. The fourth-order valence-electron chi connectivity index (χ4n) is 3.59. The molecule has 0 aromatic heterocycles. The third-order valence-corrected chi connectivity index (χ3v) is 4.94. The number of unbranched alkanes of at least 4 members (excludes halogenated alkanes) is 2. The van der Waals surface area contributed by atoms with Gasteiger partial charge in [0.05, 0.1) is 0 Å². The lowest BCUT2D eigenvalue weighted by Gasteiger charge is -2.29. The lowest BCUT2D eigenvalue weighted by Crippen LogP contribution is -2.26. The van der Waals surface area contributed by atoms with Crippen LogP contribution in [0.1, 0.15) is 77.2 Å². The largest absolute Gasteiger partial charge is 0.382 e. The molecule has 1 aliphatic rings. The van der Waals surface area contributed by atoms with Crippen molar-refractivity contribution in [1.82, 2.24) is 0 Å². The minimum Gasteiger partial charge on any atom is -0.382 e. The van der Waals surface area contributed by atoms with Crippen molar-refractivity contribution in [2.24, 2.45) is 5.92 Å². The Balaban J connectivity index is 1.73. The summed E-state index contributed by atoms with van der Waals surface area (Å²) in [7, 11) is 0. The van der Waals surface area contributed by atoms with Crippen LogP contribution in [0.25, 0.3) is 0 Å². The number of benzene rings is 1. The smallest absolute Gasteiger partial charge is 0.0342 e. The average Bonchev–Trinajstić information content (AvgIpc) is 2.51. The zero-order valence-corrected chi connectivity index (χ0v) is 14.0. The molecule has 1 aromatic carbocycles. The molecule has 1 saturated carbocycles. The molecule has 1 aliphatic carbocycles. The Morgan fingerprint density at radius 3 is 2.24 bits per heavy atom. The van der Waals surface area contributed by atoms with Gasteiger partial charge in [-0.1, -0.05) is 51.7 Å². The molecule has 118 valence electrons. The molecular formula is C20H33N. The maximum atomic E-state index is 3.74. The van der Waals surface area contributed by atoms with Crippen LogP contribution in [0.4, 0.5) is 5.69 Å². The SMILES string of the molecule is CCCCCc1ccc(NC2CCC(CCC)CC2)cc1. The van der Waals surface area contributed by atoms with E-state index < -0.39 is 0 Å². The van der Waals surface area contributed by atoms with Crippen molar-refractivity contribution in [3.8, 4) is 0 Å². The molecular weight excluding hydrogens is 254 g/mol. The first-order chi connectivity index (χ1) is 10.3. The van der Waals surface area contributed by atoms with Crippen LogP contribution in [-0.4, -0.2) is 6.04 Å². The Bertz CT molecular complexity index is 373. The highest BCUT2D eigenvalue weighted by Crippen LogP contribution is 2.29. The highest BCUT2D eigenvalue weighted by atomic mass is 14.9. The number of hydrogen-bond donors (Lipinski definition) is 1. The van der Waals surface area contributed by atoms with Crippen LogP contribution in [0.3, 0.4) is 0 Å². The van der Waals surface area contributed by atoms with Gasteiger partial charge in [0.1, 0.15) is 0 Å². The van der Waals surface area contributed by atoms with Crippen molar-refractivity contribution in [2.75, 3.05) is 5.32 Å². The molecule has 0 radical (unpaired) electrons. The normalized spacial score (nSPS) is 22.2. The first-order valence-electron chi connectivity index (χ1n) is 9.17. The van der Waals surface area contributed by atoms with Gasteiger partial charge in [0, 0.05) is 11.7 Å². The molecule has 1 nitrogen and oxygen atoms in total. The first kappa shape index (κ1) is 16.4. The number of anilines is 1. The lowest BCUT2D eigenvalue weighted by atomic mass is 9.83. The van der Waals surface area contributed by atoms with Gasteiger partial charge in [0.25, 0.3) is 0 Å². The van der Waals surface area contributed by atoms with Crippen LogP contribution in [0, 0.1) is 5.92 Å². The molecule has 0 bridgehead atoms. The molecule has 0 spiro atoms. The standard InChI is InChI=1S/C20H33N/c1-3-5-6-8-18-11-15-20(16-12-18)21-19-13-9-17(7-4-2)10-14-19/h11-12,15-17,19,21H,3-10,13-14H2,1-2H3. The van der Waals surface area contributed by atoms with Crippen molar-refractivity contribution >= 4 is 5.69 Å². The molecule has 0 aliphatic heterocycles. The minimum atomic E-state index is 0.698. The van der Waals surface area contributed by atoms with Crippen molar-refractivity contribution in [2.45, 2.75) is 84.1 Å². The fraction of sp³-hybridized carbons (Fsp3) is 0.700. The molecule has 0 atom stereocenters. The molecule has 21 heavy (non-hydrogen) atoms. The van der Waals surface area contributed by atoms with Gasteiger partial charge in [-0.3, -0.25) is 0 Å². The minimum absolute atomic E-state index is 0.698. The first-order valence-corrected chi connectivity index (χ1v) is 9.17.